The standard InChI is InChI=1S/C20H23Cl2NO4S.ClH/c1-23-8-6-13-10-19(26-2)20(27-3)12-15(13)18(23)7-9-28(24,25)14-4-5-16(21)17(22)11-14;/h4-5,10-12,18H,6-9H2,1-3H3;1H. The van der Waals surface area contributed by atoms with E-state index in [1.165, 1.54) is 18.2 Å². The summed E-state index contributed by atoms with van der Waals surface area (Å²) in [5, 5.41) is 0.572. The second-order valence-electron chi connectivity index (χ2n) is 6.84. The van der Waals surface area contributed by atoms with Crippen LogP contribution in [-0.2, 0) is 16.3 Å². The highest BCUT2D eigenvalue weighted by Gasteiger charge is 2.28. The maximum atomic E-state index is 12.8. The molecular formula is C20H24Cl3NO4S. The molecule has 1 heterocycles. The molecule has 0 fully saturated rings. The summed E-state index contributed by atoms with van der Waals surface area (Å²) >= 11 is 11.9. The van der Waals surface area contributed by atoms with Gasteiger partial charge in [0, 0.05) is 12.6 Å². The Morgan fingerprint density at radius 1 is 1.07 bits per heavy atom. The minimum absolute atomic E-state index is 0. The summed E-state index contributed by atoms with van der Waals surface area (Å²) in [6.07, 6.45) is 1.34. The molecule has 0 aromatic heterocycles. The number of rotatable bonds is 6. The summed E-state index contributed by atoms with van der Waals surface area (Å²) in [5.74, 6) is 1.34. The second kappa shape index (κ2) is 9.75. The highest BCUT2D eigenvalue weighted by molar-refractivity contribution is 7.91. The SMILES string of the molecule is COc1cc2c(cc1OC)C(CCS(=O)(=O)c1ccc(Cl)c(Cl)c1)N(C)CC2.Cl. The minimum atomic E-state index is -3.48. The van der Waals surface area contributed by atoms with Crippen molar-refractivity contribution in [3.8, 4) is 11.5 Å². The molecule has 9 heteroatoms. The third kappa shape index (κ3) is 5.12. The first-order chi connectivity index (χ1) is 13.3. The van der Waals surface area contributed by atoms with Gasteiger partial charge < -0.3 is 9.47 Å². The molecule has 0 radical (unpaired) electrons. The molecular weight excluding hydrogens is 457 g/mol. The number of halogens is 3. The van der Waals surface area contributed by atoms with Crippen molar-refractivity contribution >= 4 is 45.4 Å². The molecule has 1 aliphatic heterocycles. The van der Waals surface area contributed by atoms with Crippen molar-refractivity contribution in [2.45, 2.75) is 23.8 Å². The quantitative estimate of drug-likeness (QED) is 0.593. The van der Waals surface area contributed by atoms with Crippen LogP contribution in [-0.4, -0.2) is 46.9 Å². The maximum absolute atomic E-state index is 12.8. The molecule has 2 aromatic rings. The number of hydrogen-bond acceptors (Lipinski definition) is 5. The number of ether oxygens (including phenoxy) is 2. The van der Waals surface area contributed by atoms with Gasteiger partial charge in [-0.2, -0.15) is 0 Å². The molecule has 1 unspecified atom stereocenters. The minimum Gasteiger partial charge on any atom is -0.493 e. The van der Waals surface area contributed by atoms with Crippen LogP contribution in [0.15, 0.2) is 35.2 Å². The molecule has 1 aliphatic rings. The molecule has 160 valence electrons. The zero-order chi connectivity index (χ0) is 20.5. The fourth-order valence-electron chi connectivity index (χ4n) is 3.58. The van der Waals surface area contributed by atoms with Gasteiger partial charge in [-0.3, -0.25) is 4.90 Å². The van der Waals surface area contributed by atoms with E-state index in [0.717, 1.165) is 24.1 Å². The van der Waals surface area contributed by atoms with Crippen LogP contribution in [0.25, 0.3) is 0 Å². The van der Waals surface area contributed by atoms with Crippen molar-refractivity contribution in [3.63, 3.8) is 0 Å². The van der Waals surface area contributed by atoms with Crippen molar-refractivity contribution < 1.29 is 17.9 Å². The summed E-state index contributed by atoms with van der Waals surface area (Å²) in [6.45, 7) is 0.847. The van der Waals surface area contributed by atoms with Gasteiger partial charge in [-0.1, -0.05) is 23.2 Å². The molecule has 29 heavy (non-hydrogen) atoms. The van der Waals surface area contributed by atoms with E-state index >= 15 is 0 Å². The number of benzene rings is 2. The van der Waals surface area contributed by atoms with Crippen molar-refractivity contribution in [2.24, 2.45) is 0 Å². The molecule has 1 atom stereocenters. The molecule has 0 amide bonds. The van der Waals surface area contributed by atoms with Gasteiger partial charge in [0.2, 0.25) is 0 Å². The molecule has 0 spiro atoms. The molecule has 5 nitrogen and oxygen atoms in total. The largest absolute Gasteiger partial charge is 0.493 e. The summed E-state index contributed by atoms with van der Waals surface area (Å²) < 4.78 is 36.5. The van der Waals surface area contributed by atoms with Crippen LogP contribution in [0.2, 0.25) is 10.0 Å². The lowest BCUT2D eigenvalue weighted by atomic mass is 9.91. The van der Waals surface area contributed by atoms with Crippen LogP contribution < -0.4 is 9.47 Å². The lowest BCUT2D eigenvalue weighted by Crippen LogP contribution is -2.33. The van der Waals surface area contributed by atoms with Gasteiger partial charge in [0.15, 0.2) is 21.3 Å². The number of methoxy groups -OCH3 is 2. The Labute approximate surface area is 188 Å². The molecule has 0 aliphatic carbocycles. The summed E-state index contributed by atoms with van der Waals surface area (Å²) in [7, 11) is 1.74. The predicted octanol–water partition coefficient (Wildman–Crippen LogP) is 4.83. The third-order valence-corrected chi connectivity index (χ3v) is 7.66. The molecule has 0 N–H and O–H groups in total. The predicted molar refractivity (Wildman–Crippen MR) is 119 cm³/mol. The Kier molecular flexibility index (Phi) is 8.10. The van der Waals surface area contributed by atoms with E-state index in [-0.39, 0.29) is 34.1 Å². The van der Waals surface area contributed by atoms with Gasteiger partial charge in [0.05, 0.1) is 34.9 Å². The van der Waals surface area contributed by atoms with E-state index < -0.39 is 9.84 Å². The highest BCUT2D eigenvalue weighted by Crippen LogP contribution is 2.39. The Bertz CT molecular complexity index is 982. The average molecular weight is 481 g/mol. The fourth-order valence-corrected chi connectivity index (χ4v) is 5.29. The van der Waals surface area contributed by atoms with E-state index in [4.69, 9.17) is 32.7 Å². The van der Waals surface area contributed by atoms with Gasteiger partial charge in [0.1, 0.15) is 0 Å². The Hall–Kier alpha value is -1.18. The smallest absolute Gasteiger partial charge is 0.178 e. The molecule has 0 bridgehead atoms. The lowest BCUT2D eigenvalue weighted by Gasteiger charge is -2.35. The second-order valence-corrected chi connectivity index (χ2v) is 9.76. The maximum Gasteiger partial charge on any atom is 0.178 e. The van der Waals surface area contributed by atoms with Crippen LogP contribution in [0.3, 0.4) is 0 Å². The van der Waals surface area contributed by atoms with Crippen LogP contribution in [0.5, 0.6) is 11.5 Å². The first-order valence-electron chi connectivity index (χ1n) is 8.89. The Morgan fingerprint density at radius 2 is 1.72 bits per heavy atom. The van der Waals surface area contributed by atoms with Crippen molar-refractivity contribution in [3.05, 3.63) is 51.5 Å². The van der Waals surface area contributed by atoms with Crippen molar-refractivity contribution in [1.82, 2.24) is 4.90 Å². The Balaban J connectivity index is 0.00000300. The van der Waals surface area contributed by atoms with Crippen LogP contribution in [0.4, 0.5) is 0 Å². The summed E-state index contributed by atoms with van der Waals surface area (Å²) in [6, 6.07) is 8.33. The lowest BCUT2D eigenvalue weighted by molar-refractivity contribution is 0.224. The topological polar surface area (TPSA) is 55.8 Å². The Morgan fingerprint density at radius 3 is 2.34 bits per heavy atom. The van der Waals surface area contributed by atoms with Gasteiger partial charge in [-0.15, -0.1) is 12.4 Å². The molecule has 0 saturated heterocycles. The highest BCUT2D eigenvalue weighted by atomic mass is 35.5. The van der Waals surface area contributed by atoms with Gasteiger partial charge in [0.25, 0.3) is 0 Å². The third-order valence-electron chi connectivity index (χ3n) is 5.18. The van der Waals surface area contributed by atoms with E-state index in [9.17, 15) is 8.42 Å². The van der Waals surface area contributed by atoms with E-state index in [2.05, 4.69) is 4.90 Å². The number of likely N-dealkylation sites (N-methyl/N-ethyl adjacent to an activating group) is 1. The first kappa shape index (κ1) is 24.1. The molecule has 2 aromatic carbocycles. The molecule has 3 rings (SSSR count). The van der Waals surface area contributed by atoms with E-state index in [1.54, 1.807) is 14.2 Å². The number of sulfone groups is 1. The van der Waals surface area contributed by atoms with Gasteiger partial charge in [-0.05, 0) is 61.3 Å². The number of nitrogens with zero attached hydrogens (tertiary/aromatic N) is 1. The zero-order valence-corrected chi connectivity index (χ0v) is 19.6. The average Bonchev–Trinajstić information content (AvgIpc) is 2.68. The first-order valence-corrected chi connectivity index (χ1v) is 11.3. The van der Waals surface area contributed by atoms with E-state index in [0.29, 0.717) is 22.9 Å². The fraction of sp³-hybridized carbons (Fsp3) is 0.400. The van der Waals surface area contributed by atoms with Crippen molar-refractivity contribution in [1.29, 1.82) is 0 Å². The normalized spacial score (nSPS) is 16.7. The van der Waals surface area contributed by atoms with Crippen LogP contribution in [0, 0.1) is 0 Å². The number of fused-ring (bicyclic) bond motifs is 1. The van der Waals surface area contributed by atoms with Crippen LogP contribution >= 0.6 is 35.6 Å². The van der Waals surface area contributed by atoms with Gasteiger partial charge >= 0.3 is 0 Å². The zero-order valence-electron chi connectivity index (χ0n) is 16.4. The number of hydrogen-bond donors (Lipinski definition) is 0. The summed E-state index contributed by atoms with van der Waals surface area (Å²) in [5.41, 5.74) is 2.24. The van der Waals surface area contributed by atoms with Gasteiger partial charge in [-0.25, -0.2) is 8.42 Å². The monoisotopic (exact) mass is 479 g/mol. The summed E-state index contributed by atoms with van der Waals surface area (Å²) in [4.78, 5) is 2.37. The van der Waals surface area contributed by atoms with Crippen LogP contribution in [0.1, 0.15) is 23.6 Å². The van der Waals surface area contributed by atoms with Crippen molar-refractivity contribution in [2.75, 3.05) is 33.6 Å². The van der Waals surface area contributed by atoms with E-state index in [1.807, 2.05) is 19.2 Å². The molecule has 0 saturated carbocycles.